The first-order chi connectivity index (χ1) is 7.50. The molecule has 0 radical (unpaired) electrons. The second-order valence-electron chi connectivity index (χ2n) is 3.37. The standard InChI is InChI=1S/C11H11ClF2O2/c12-9(4-5-10(15)16)7-2-1-3-8(6-7)11(13)14/h1-3,6,9,11H,4-5H2,(H,15,16). The van der Waals surface area contributed by atoms with Crippen molar-refractivity contribution in [2.75, 3.05) is 0 Å². The van der Waals surface area contributed by atoms with Crippen molar-refractivity contribution in [1.29, 1.82) is 0 Å². The summed E-state index contributed by atoms with van der Waals surface area (Å²) in [6.45, 7) is 0. The monoisotopic (exact) mass is 248 g/mol. The Morgan fingerprint density at radius 3 is 2.56 bits per heavy atom. The van der Waals surface area contributed by atoms with Crippen LogP contribution < -0.4 is 0 Å². The lowest BCUT2D eigenvalue weighted by molar-refractivity contribution is -0.137. The molecule has 0 aliphatic heterocycles. The summed E-state index contributed by atoms with van der Waals surface area (Å²) < 4.78 is 24.8. The largest absolute Gasteiger partial charge is 0.481 e. The van der Waals surface area contributed by atoms with E-state index in [1.807, 2.05) is 0 Å². The van der Waals surface area contributed by atoms with Crippen molar-refractivity contribution >= 4 is 17.6 Å². The van der Waals surface area contributed by atoms with Crippen molar-refractivity contribution in [3.63, 3.8) is 0 Å². The van der Waals surface area contributed by atoms with E-state index in [0.717, 1.165) is 0 Å². The van der Waals surface area contributed by atoms with Crippen LogP contribution in [0.1, 0.15) is 35.8 Å². The van der Waals surface area contributed by atoms with Crippen molar-refractivity contribution in [3.8, 4) is 0 Å². The number of carboxylic acid groups (broad SMARTS) is 1. The Labute approximate surface area is 96.8 Å². The molecule has 88 valence electrons. The molecule has 0 amide bonds. The van der Waals surface area contributed by atoms with Crippen LogP contribution in [-0.4, -0.2) is 11.1 Å². The molecule has 1 rings (SSSR count). The molecular weight excluding hydrogens is 238 g/mol. The summed E-state index contributed by atoms with van der Waals surface area (Å²) in [5.74, 6) is -0.948. The van der Waals surface area contributed by atoms with Crippen LogP contribution >= 0.6 is 11.6 Å². The van der Waals surface area contributed by atoms with Crippen LogP contribution in [0.25, 0.3) is 0 Å². The van der Waals surface area contributed by atoms with Gasteiger partial charge in [0.15, 0.2) is 0 Å². The Balaban J connectivity index is 2.71. The zero-order valence-corrected chi connectivity index (χ0v) is 9.12. The topological polar surface area (TPSA) is 37.3 Å². The van der Waals surface area contributed by atoms with Crippen LogP contribution in [0.4, 0.5) is 8.78 Å². The van der Waals surface area contributed by atoms with Gasteiger partial charge in [0.1, 0.15) is 0 Å². The molecule has 0 aromatic heterocycles. The Kier molecular flexibility index (Phi) is 4.68. The third kappa shape index (κ3) is 3.77. The van der Waals surface area contributed by atoms with Crippen molar-refractivity contribution in [2.45, 2.75) is 24.6 Å². The first-order valence-electron chi connectivity index (χ1n) is 4.74. The van der Waals surface area contributed by atoms with Gasteiger partial charge in [0, 0.05) is 12.0 Å². The van der Waals surface area contributed by atoms with Crippen LogP contribution in [0.15, 0.2) is 24.3 Å². The number of halogens is 3. The molecule has 0 heterocycles. The molecule has 2 nitrogen and oxygen atoms in total. The molecule has 0 aliphatic carbocycles. The van der Waals surface area contributed by atoms with E-state index < -0.39 is 17.8 Å². The van der Waals surface area contributed by atoms with Crippen molar-refractivity contribution < 1.29 is 18.7 Å². The highest BCUT2D eigenvalue weighted by Gasteiger charge is 2.13. The molecule has 0 fully saturated rings. The number of carbonyl (C=O) groups is 1. The zero-order valence-electron chi connectivity index (χ0n) is 8.37. The van der Waals surface area contributed by atoms with Crippen molar-refractivity contribution in [3.05, 3.63) is 35.4 Å². The van der Waals surface area contributed by atoms with E-state index in [0.29, 0.717) is 5.56 Å². The smallest absolute Gasteiger partial charge is 0.303 e. The predicted octanol–water partition coefficient (Wildman–Crippen LogP) is 3.77. The lowest BCUT2D eigenvalue weighted by atomic mass is 10.0. The van der Waals surface area contributed by atoms with Crippen LogP contribution in [0.3, 0.4) is 0 Å². The zero-order chi connectivity index (χ0) is 12.1. The molecule has 0 spiro atoms. The third-order valence-electron chi connectivity index (χ3n) is 2.14. The number of hydrogen-bond acceptors (Lipinski definition) is 1. The normalized spacial score (nSPS) is 12.8. The fourth-order valence-electron chi connectivity index (χ4n) is 1.31. The van der Waals surface area contributed by atoms with Gasteiger partial charge in [0.05, 0.1) is 5.38 Å². The van der Waals surface area contributed by atoms with Crippen LogP contribution in [0.5, 0.6) is 0 Å². The second kappa shape index (κ2) is 5.80. The molecule has 0 bridgehead atoms. The van der Waals surface area contributed by atoms with Gasteiger partial charge in [-0.1, -0.05) is 18.2 Å². The minimum absolute atomic E-state index is 0.0763. The number of hydrogen-bond donors (Lipinski definition) is 1. The predicted molar refractivity (Wildman–Crippen MR) is 56.9 cm³/mol. The van der Waals surface area contributed by atoms with Crippen LogP contribution in [-0.2, 0) is 4.79 Å². The van der Waals surface area contributed by atoms with Gasteiger partial charge in [-0.15, -0.1) is 11.6 Å². The fourth-order valence-corrected chi connectivity index (χ4v) is 1.55. The maximum atomic E-state index is 12.4. The van der Waals surface area contributed by atoms with Gasteiger partial charge in [0.2, 0.25) is 0 Å². The molecule has 1 aromatic rings. The average molecular weight is 249 g/mol. The highest BCUT2D eigenvalue weighted by molar-refractivity contribution is 6.20. The molecule has 0 saturated heterocycles. The summed E-state index contributed by atoms with van der Waals surface area (Å²) in [6, 6.07) is 5.73. The molecule has 1 unspecified atom stereocenters. The lowest BCUT2D eigenvalue weighted by Crippen LogP contribution is -1.99. The maximum absolute atomic E-state index is 12.4. The summed E-state index contributed by atoms with van der Waals surface area (Å²) >= 11 is 5.92. The second-order valence-corrected chi connectivity index (χ2v) is 3.90. The minimum Gasteiger partial charge on any atom is -0.481 e. The molecule has 1 N–H and O–H groups in total. The molecule has 5 heteroatoms. The summed E-state index contributed by atoms with van der Waals surface area (Å²) in [5.41, 5.74) is 0.430. The Morgan fingerprint density at radius 2 is 2.00 bits per heavy atom. The van der Waals surface area contributed by atoms with E-state index in [4.69, 9.17) is 16.7 Å². The van der Waals surface area contributed by atoms with Crippen molar-refractivity contribution in [1.82, 2.24) is 0 Å². The average Bonchev–Trinajstić information content (AvgIpc) is 2.26. The summed E-state index contributed by atoms with van der Waals surface area (Å²) in [6.07, 6.45) is -2.39. The molecule has 1 aromatic carbocycles. The molecule has 1 atom stereocenters. The van der Waals surface area contributed by atoms with Gasteiger partial charge in [-0.05, 0) is 18.1 Å². The first kappa shape index (κ1) is 12.9. The number of rotatable bonds is 5. The van der Waals surface area contributed by atoms with Crippen LogP contribution in [0.2, 0.25) is 0 Å². The minimum atomic E-state index is -2.54. The number of aliphatic carboxylic acids is 1. The van der Waals surface area contributed by atoms with Gasteiger partial charge in [-0.2, -0.15) is 0 Å². The fraction of sp³-hybridized carbons (Fsp3) is 0.364. The van der Waals surface area contributed by atoms with Gasteiger partial charge in [0.25, 0.3) is 6.43 Å². The SMILES string of the molecule is O=C(O)CCC(Cl)c1cccc(C(F)F)c1. The first-order valence-corrected chi connectivity index (χ1v) is 5.18. The van der Waals surface area contributed by atoms with Gasteiger partial charge >= 0.3 is 5.97 Å². The third-order valence-corrected chi connectivity index (χ3v) is 2.61. The summed E-state index contributed by atoms with van der Waals surface area (Å²) in [4.78, 5) is 10.3. The summed E-state index contributed by atoms with van der Waals surface area (Å²) in [7, 11) is 0. The van der Waals surface area contributed by atoms with E-state index in [9.17, 15) is 13.6 Å². The highest BCUT2D eigenvalue weighted by Crippen LogP contribution is 2.28. The summed E-state index contributed by atoms with van der Waals surface area (Å²) in [5, 5.41) is 7.93. The Hall–Kier alpha value is -1.16. The van der Waals surface area contributed by atoms with E-state index in [1.165, 1.54) is 18.2 Å². The number of carboxylic acids is 1. The Morgan fingerprint density at radius 1 is 1.38 bits per heavy atom. The van der Waals surface area contributed by atoms with E-state index >= 15 is 0 Å². The molecular formula is C11H11ClF2O2. The van der Waals surface area contributed by atoms with Gasteiger partial charge in [-0.25, -0.2) is 8.78 Å². The van der Waals surface area contributed by atoms with E-state index in [-0.39, 0.29) is 18.4 Å². The van der Waals surface area contributed by atoms with Gasteiger partial charge < -0.3 is 5.11 Å². The number of alkyl halides is 3. The van der Waals surface area contributed by atoms with Crippen LogP contribution in [0, 0.1) is 0 Å². The molecule has 0 saturated carbocycles. The molecule has 0 aliphatic rings. The van der Waals surface area contributed by atoms with E-state index in [2.05, 4.69) is 0 Å². The highest BCUT2D eigenvalue weighted by atomic mass is 35.5. The van der Waals surface area contributed by atoms with Crippen molar-refractivity contribution in [2.24, 2.45) is 0 Å². The Bertz CT molecular complexity index is 369. The lowest BCUT2D eigenvalue weighted by Gasteiger charge is -2.09. The molecule has 16 heavy (non-hydrogen) atoms. The van der Waals surface area contributed by atoms with Gasteiger partial charge in [-0.3, -0.25) is 4.79 Å². The quantitative estimate of drug-likeness (QED) is 0.806. The van der Waals surface area contributed by atoms with E-state index in [1.54, 1.807) is 6.07 Å². The maximum Gasteiger partial charge on any atom is 0.303 e. The number of benzene rings is 1.